The van der Waals surface area contributed by atoms with E-state index in [0.717, 1.165) is 60.9 Å². The molecule has 0 bridgehead atoms. The average Bonchev–Trinajstić information content (AvgIpc) is 3.72. The van der Waals surface area contributed by atoms with E-state index in [4.69, 9.17) is 19.4 Å². The number of hydrogen-bond acceptors (Lipinski definition) is 4. The van der Waals surface area contributed by atoms with Crippen LogP contribution in [-0.2, 0) is 0 Å². The van der Waals surface area contributed by atoms with Gasteiger partial charge in [-0.3, -0.25) is 0 Å². The summed E-state index contributed by atoms with van der Waals surface area (Å²) in [7, 11) is 0. The minimum absolute atomic E-state index is 0.551. The molecule has 0 atom stereocenters. The zero-order valence-corrected chi connectivity index (χ0v) is 33.0. The van der Waals surface area contributed by atoms with Crippen LogP contribution in [0.5, 0.6) is 0 Å². The van der Waals surface area contributed by atoms with Crippen molar-refractivity contribution in [3.8, 4) is 67.5 Å². The van der Waals surface area contributed by atoms with Crippen molar-refractivity contribution in [2.75, 3.05) is 0 Å². The fourth-order valence-corrected chi connectivity index (χ4v) is 9.04. The topological polar surface area (TPSA) is 51.8 Å². The summed E-state index contributed by atoms with van der Waals surface area (Å²) in [6.07, 6.45) is 0. The molecule has 0 N–H and O–H groups in total. The molecule has 0 aliphatic rings. The third-order valence-corrected chi connectivity index (χ3v) is 11.9. The number of aromatic nitrogens is 3. The second-order valence-corrected chi connectivity index (χ2v) is 15.5. The van der Waals surface area contributed by atoms with Crippen LogP contribution in [0.4, 0.5) is 0 Å². The van der Waals surface area contributed by atoms with Crippen LogP contribution in [0, 0.1) is 0 Å². The van der Waals surface area contributed by atoms with Gasteiger partial charge in [-0.15, -0.1) is 0 Å². The minimum Gasteiger partial charge on any atom is -0.455 e. The molecule has 12 rings (SSSR count). The average molecular weight is 778 g/mol. The Hall–Kier alpha value is -8.21. The standard InChI is InChI=1S/C57H35N3O/c1-2-15-36(16-3-1)43-23-8-9-27-49(43)56-58-55(59-57(60-56)50-29-14-28-48-46-26-10-11-30-52(46)61-54(48)50)42-22-13-20-39(34-42)38-19-12-21-41(33-38)53-45-25-7-5-18-40(45)35-51-44-24-6-4-17-37(44)31-32-47(51)53/h1-35H. The first-order valence-electron chi connectivity index (χ1n) is 20.6. The molecule has 0 amide bonds. The van der Waals surface area contributed by atoms with E-state index >= 15 is 0 Å². The molecule has 12 aromatic rings. The van der Waals surface area contributed by atoms with Crippen LogP contribution in [0.15, 0.2) is 217 Å². The summed E-state index contributed by atoms with van der Waals surface area (Å²) < 4.78 is 6.52. The van der Waals surface area contributed by atoms with Crippen molar-refractivity contribution in [2.24, 2.45) is 0 Å². The zero-order chi connectivity index (χ0) is 40.3. The van der Waals surface area contributed by atoms with E-state index in [9.17, 15) is 0 Å². The van der Waals surface area contributed by atoms with Crippen molar-refractivity contribution in [1.82, 2.24) is 15.0 Å². The van der Waals surface area contributed by atoms with Gasteiger partial charge in [-0.05, 0) is 96.0 Å². The molecule has 2 heterocycles. The highest BCUT2D eigenvalue weighted by Crippen LogP contribution is 2.41. The molecule has 0 fully saturated rings. The smallest absolute Gasteiger partial charge is 0.167 e. The van der Waals surface area contributed by atoms with Crippen LogP contribution in [0.2, 0.25) is 0 Å². The first-order valence-corrected chi connectivity index (χ1v) is 20.6. The van der Waals surface area contributed by atoms with Crippen molar-refractivity contribution in [1.29, 1.82) is 0 Å². The van der Waals surface area contributed by atoms with Crippen LogP contribution in [-0.4, -0.2) is 15.0 Å². The van der Waals surface area contributed by atoms with Gasteiger partial charge in [-0.25, -0.2) is 15.0 Å². The van der Waals surface area contributed by atoms with Gasteiger partial charge in [0.15, 0.2) is 17.5 Å². The third-order valence-electron chi connectivity index (χ3n) is 11.9. The molecule has 61 heavy (non-hydrogen) atoms. The number of para-hydroxylation sites is 2. The van der Waals surface area contributed by atoms with Gasteiger partial charge in [0.05, 0.1) is 5.56 Å². The van der Waals surface area contributed by atoms with E-state index in [-0.39, 0.29) is 0 Å². The van der Waals surface area contributed by atoms with Gasteiger partial charge in [0.25, 0.3) is 0 Å². The lowest BCUT2D eigenvalue weighted by molar-refractivity contribution is 0.669. The van der Waals surface area contributed by atoms with Gasteiger partial charge in [0.1, 0.15) is 11.2 Å². The molecule has 0 aliphatic carbocycles. The van der Waals surface area contributed by atoms with E-state index in [1.165, 1.54) is 43.4 Å². The Morgan fingerprint density at radius 1 is 0.279 bits per heavy atom. The fraction of sp³-hybridized carbons (Fsp3) is 0. The lowest BCUT2D eigenvalue weighted by Crippen LogP contribution is -2.01. The highest BCUT2D eigenvalue weighted by Gasteiger charge is 2.20. The summed E-state index contributed by atoms with van der Waals surface area (Å²) in [5.41, 5.74) is 10.9. The van der Waals surface area contributed by atoms with Crippen LogP contribution >= 0.6 is 0 Å². The Bertz CT molecular complexity index is 3660. The van der Waals surface area contributed by atoms with Gasteiger partial charge in [0, 0.05) is 21.9 Å². The molecule has 0 spiro atoms. The van der Waals surface area contributed by atoms with Crippen molar-refractivity contribution in [3.05, 3.63) is 212 Å². The normalized spacial score (nSPS) is 11.6. The maximum atomic E-state index is 6.52. The van der Waals surface area contributed by atoms with E-state index in [2.05, 4.69) is 176 Å². The Labute approximate surface area is 352 Å². The quantitative estimate of drug-likeness (QED) is 0.125. The monoisotopic (exact) mass is 777 g/mol. The Morgan fingerprint density at radius 3 is 1.67 bits per heavy atom. The van der Waals surface area contributed by atoms with Gasteiger partial charge in [-0.2, -0.15) is 0 Å². The van der Waals surface area contributed by atoms with Crippen molar-refractivity contribution in [3.63, 3.8) is 0 Å². The molecule has 10 aromatic carbocycles. The molecular formula is C57H35N3O. The molecule has 0 aliphatic heterocycles. The maximum absolute atomic E-state index is 6.52. The van der Waals surface area contributed by atoms with Crippen LogP contribution in [0.25, 0.3) is 122 Å². The first kappa shape index (κ1) is 34.8. The minimum atomic E-state index is 0.551. The van der Waals surface area contributed by atoms with Crippen molar-refractivity contribution < 1.29 is 4.42 Å². The van der Waals surface area contributed by atoms with Gasteiger partial charge in [0.2, 0.25) is 0 Å². The predicted molar refractivity (Wildman–Crippen MR) is 252 cm³/mol. The third kappa shape index (κ3) is 5.96. The Kier molecular flexibility index (Phi) is 8.13. The molecule has 0 radical (unpaired) electrons. The van der Waals surface area contributed by atoms with E-state index in [1.807, 2.05) is 36.4 Å². The number of fused-ring (bicyclic) bond motifs is 7. The van der Waals surface area contributed by atoms with Gasteiger partial charge < -0.3 is 4.42 Å². The van der Waals surface area contributed by atoms with E-state index in [1.54, 1.807) is 0 Å². The summed E-state index contributed by atoms with van der Waals surface area (Å²) in [6.45, 7) is 0. The van der Waals surface area contributed by atoms with E-state index < -0.39 is 0 Å². The molecule has 2 aromatic heterocycles. The second kappa shape index (κ2) is 14.3. The van der Waals surface area contributed by atoms with E-state index in [0.29, 0.717) is 17.5 Å². The van der Waals surface area contributed by atoms with Crippen molar-refractivity contribution >= 4 is 54.3 Å². The molecule has 4 heteroatoms. The summed E-state index contributed by atoms with van der Waals surface area (Å²) in [5.74, 6) is 1.73. The number of rotatable bonds is 6. The molecule has 0 saturated carbocycles. The lowest BCUT2D eigenvalue weighted by Gasteiger charge is -2.15. The molecule has 0 unspecified atom stereocenters. The summed E-state index contributed by atoms with van der Waals surface area (Å²) in [6, 6.07) is 74.7. The predicted octanol–water partition coefficient (Wildman–Crippen LogP) is 15.2. The molecular weight excluding hydrogens is 743 g/mol. The number of hydrogen-bond donors (Lipinski definition) is 0. The zero-order valence-electron chi connectivity index (χ0n) is 33.0. The lowest BCUT2D eigenvalue weighted by atomic mass is 9.89. The van der Waals surface area contributed by atoms with Crippen LogP contribution in [0.1, 0.15) is 0 Å². The number of benzene rings is 10. The van der Waals surface area contributed by atoms with Gasteiger partial charge in [-0.1, -0.05) is 182 Å². The van der Waals surface area contributed by atoms with Crippen LogP contribution < -0.4 is 0 Å². The first-order chi connectivity index (χ1) is 30.2. The maximum Gasteiger partial charge on any atom is 0.167 e. The Balaban J connectivity index is 1.03. The van der Waals surface area contributed by atoms with Gasteiger partial charge >= 0.3 is 0 Å². The number of furan rings is 1. The molecule has 284 valence electrons. The second-order valence-electron chi connectivity index (χ2n) is 15.5. The summed E-state index contributed by atoms with van der Waals surface area (Å²) in [4.78, 5) is 15.7. The molecule has 0 saturated heterocycles. The number of nitrogens with zero attached hydrogens (tertiary/aromatic N) is 3. The SMILES string of the molecule is c1ccc(-c2ccccc2-c2nc(-c3cccc(-c4cccc(-c5c6ccccc6cc6c5ccc5ccccc56)c4)c3)nc(-c3cccc4c3oc3ccccc34)n2)cc1. The van der Waals surface area contributed by atoms with Crippen LogP contribution in [0.3, 0.4) is 0 Å². The molecule has 4 nitrogen and oxygen atoms in total. The summed E-state index contributed by atoms with van der Waals surface area (Å²) >= 11 is 0. The largest absolute Gasteiger partial charge is 0.455 e. The highest BCUT2D eigenvalue weighted by atomic mass is 16.3. The highest BCUT2D eigenvalue weighted by molar-refractivity contribution is 6.20. The van der Waals surface area contributed by atoms with Crippen molar-refractivity contribution in [2.45, 2.75) is 0 Å². The summed E-state index contributed by atoms with van der Waals surface area (Å²) in [5, 5.41) is 9.54. The fourth-order valence-electron chi connectivity index (χ4n) is 9.04. The Morgan fingerprint density at radius 2 is 0.836 bits per heavy atom.